The number of benzene rings is 3. The summed E-state index contributed by atoms with van der Waals surface area (Å²) in [6, 6.07) is 11.4. The number of rotatable bonds is 8. The number of carbonyl (C=O) groups is 1. The average Bonchev–Trinajstić information content (AvgIpc) is 3.23. The Morgan fingerprint density at radius 1 is 1.07 bits per heavy atom. The van der Waals surface area contributed by atoms with Crippen molar-refractivity contribution in [1.82, 2.24) is 9.88 Å². The number of fused-ring (bicyclic) bond motifs is 2. The lowest BCUT2D eigenvalue weighted by molar-refractivity contribution is 0.0760. The summed E-state index contributed by atoms with van der Waals surface area (Å²) in [5.41, 5.74) is 1.04. The molecule has 2 heterocycles. The number of pyridine rings is 1. The first kappa shape index (κ1) is 27.3. The van der Waals surface area contributed by atoms with Crippen LogP contribution in [-0.4, -0.2) is 44.6 Å². The number of aromatic nitrogens is 1. The highest BCUT2D eigenvalue weighted by atomic mass is 32.2. The topological polar surface area (TPSA) is 89.0 Å². The van der Waals surface area contributed by atoms with Crippen LogP contribution in [0.4, 0.5) is 18.9 Å². The smallest absolute Gasteiger partial charge is 0.258 e. The molecule has 0 radical (unpaired) electrons. The van der Waals surface area contributed by atoms with E-state index in [-0.39, 0.29) is 35.7 Å². The normalized spacial score (nSPS) is 13.1. The largest absolute Gasteiger partial charge is 0.497 e. The van der Waals surface area contributed by atoms with E-state index in [1.807, 2.05) is 0 Å². The monoisotopic (exact) mass is 571 g/mol. The molecule has 0 saturated heterocycles. The third-order valence-electron chi connectivity index (χ3n) is 6.75. The fourth-order valence-electron chi connectivity index (χ4n) is 4.70. The highest BCUT2D eigenvalue weighted by Gasteiger charge is 2.38. The van der Waals surface area contributed by atoms with E-state index in [2.05, 4.69) is 4.98 Å². The Labute approximate surface area is 228 Å². The summed E-state index contributed by atoms with van der Waals surface area (Å²) in [6.07, 6.45) is 2.51. The second-order valence-corrected chi connectivity index (χ2v) is 11.3. The maximum atomic E-state index is 14.5. The zero-order valence-electron chi connectivity index (χ0n) is 21.7. The van der Waals surface area contributed by atoms with Crippen LogP contribution in [0.2, 0.25) is 0 Å². The van der Waals surface area contributed by atoms with Gasteiger partial charge in [0.25, 0.3) is 5.91 Å². The minimum Gasteiger partial charge on any atom is -0.497 e. The second kappa shape index (κ2) is 10.3. The molecule has 0 unspecified atom stereocenters. The number of methoxy groups -OCH3 is 1. The number of nitrogens with zero attached hydrogens (tertiary/aromatic N) is 3. The Bertz CT molecular complexity index is 1720. The van der Waals surface area contributed by atoms with E-state index in [9.17, 15) is 26.4 Å². The van der Waals surface area contributed by atoms with Gasteiger partial charge in [0.15, 0.2) is 5.75 Å². The maximum absolute atomic E-state index is 14.5. The number of hydrogen-bond acceptors (Lipinski definition) is 6. The Morgan fingerprint density at radius 3 is 2.38 bits per heavy atom. The summed E-state index contributed by atoms with van der Waals surface area (Å²) in [7, 11) is -0.901. The zero-order chi connectivity index (χ0) is 28.8. The molecule has 0 atom stereocenters. The van der Waals surface area contributed by atoms with E-state index < -0.39 is 45.5 Å². The molecule has 8 nitrogen and oxygen atoms in total. The quantitative estimate of drug-likeness (QED) is 0.302. The number of amides is 1. The van der Waals surface area contributed by atoms with Crippen LogP contribution in [0.1, 0.15) is 27.0 Å². The van der Waals surface area contributed by atoms with Crippen molar-refractivity contribution in [2.24, 2.45) is 0 Å². The molecule has 40 heavy (non-hydrogen) atoms. The van der Waals surface area contributed by atoms with Crippen molar-refractivity contribution in [3.05, 3.63) is 94.4 Å². The van der Waals surface area contributed by atoms with Gasteiger partial charge in [0.05, 0.1) is 31.2 Å². The first-order valence-electron chi connectivity index (χ1n) is 12.1. The number of sulfonamides is 1. The van der Waals surface area contributed by atoms with E-state index in [4.69, 9.17) is 9.47 Å². The second-order valence-electron chi connectivity index (χ2n) is 9.31. The van der Waals surface area contributed by atoms with Gasteiger partial charge in [-0.3, -0.25) is 14.1 Å². The van der Waals surface area contributed by atoms with Crippen LogP contribution in [0.3, 0.4) is 0 Å². The molecule has 1 amide bonds. The predicted molar refractivity (Wildman–Crippen MR) is 142 cm³/mol. The SMILES string of the molecule is COc1ccc(COc2c3c(c(N(C)S(C)(=O)=O)c4cccnc24)CN(Cc2c(F)cc(F)cc2F)C3=O)cc1. The summed E-state index contributed by atoms with van der Waals surface area (Å²) in [6.45, 7) is -0.656. The van der Waals surface area contributed by atoms with Crippen LogP contribution in [0, 0.1) is 17.5 Å². The molecule has 0 fully saturated rings. The minimum absolute atomic E-state index is 0.0353. The molecule has 5 rings (SSSR count). The van der Waals surface area contributed by atoms with Crippen molar-refractivity contribution in [2.45, 2.75) is 19.7 Å². The number of hydrogen-bond donors (Lipinski definition) is 0. The first-order valence-corrected chi connectivity index (χ1v) is 13.9. The summed E-state index contributed by atoms with van der Waals surface area (Å²) < 4.78 is 80.1. The minimum atomic E-state index is -3.79. The van der Waals surface area contributed by atoms with Crippen LogP contribution < -0.4 is 13.8 Å². The molecule has 1 aliphatic rings. The Hall–Kier alpha value is -4.32. The third kappa shape index (κ3) is 4.90. The molecular weight excluding hydrogens is 547 g/mol. The van der Waals surface area contributed by atoms with E-state index >= 15 is 0 Å². The van der Waals surface area contributed by atoms with Gasteiger partial charge in [-0.25, -0.2) is 21.6 Å². The van der Waals surface area contributed by atoms with Gasteiger partial charge in [0.1, 0.15) is 35.3 Å². The number of halogens is 3. The van der Waals surface area contributed by atoms with Crippen molar-refractivity contribution in [3.8, 4) is 11.5 Å². The van der Waals surface area contributed by atoms with Crippen LogP contribution in [0.25, 0.3) is 10.9 Å². The van der Waals surface area contributed by atoms with Crippen molar-refractivity contribution in [1.29, 1.82) is 0 Å². The molecule has 208 valence electrons. The van der Waals surface area contributed by atoms with Gasteiger partial charge >= 0.3 is 0 Å². The van der Waals surface area contributed by atoms with Gasteiger partial charge in [-0.15, -0.1) is 0 Å². The summed E-state index contributed by atoms with van der Waals surface area (Å²) in [5, 5.41) is 0.410. The third-order valence-corrected chi connectivity index (χ3v) is 7.93. The number of carbonyl (C=O) groups excluding carboxylic acids is 1. The number of anilines is 1. The molecule has 0 N–H and O–H groups in total. The molecule has 1 aromatic heterocycles. The highest BCUT2D eigenvalue weighted by Crippen LogP contribution is 2.45. The van der Waals surface area contributed by atoms with E-state index in [1.54, 1.807) is 43.5 Å². The lowest BCUT2D eigenvalue weighted by Crippen LogP contribution is -2.27. The fraction of sp³-hybridized carbons (Fsp3) is 0.214. The lowest BCUT2D eigenvalue weighted by atomic mass is 10.0. The van der Waals surface area contributed by atoms with Gasteiger partial charge in [-0.1, -0.05) is 12.1 Å². The van der Waals surface area contributed by atoms with Gasteiger partial charge < -0.3 is 14.4 Å². The Kier molecular flexibility index (Phi) is 7.05. The molecular formula is C28H24F3N3O5S. The van der Waals surface area contributed by atoms with Crippen molar-refractivity contribution in [2.75, 3.05) is 24.7 Å². The molecule has 0 saturated carbocycles. The van der Waals surface area contributed by atoms with Gasteiger partial charge in [0.2, 0.25) is 10.0 Å². The molecule has 0 aliphatic carbocycles. The van der Waals surface area contributed by atoms with E-state index in [1.165, 1.54) is 13.2 Å². The van der Waals surface area contributed by atoms with Crippen molar-refractivity contribution in [3.63, 3.8) is 0 Å². The fourth-order valence-corrected chi connectivity index (χ4v) is 5.24. The van der Waals surface area contributed by atoms with Crippen molar-refractivity contribution >= 4 is 32.5 Å². The number of ether oxygens (including phenoxy) is 2. The van der Waals surface area contributed by atoms with Crippen molar-refractivity contribution < 1.29 is 35.9 Å². The molecule has 3 aromatic carbocycles. The standard InChI is InChI=1S/C28H24F3N3O5S/c1-33(40(3,36)37)26-19-5-4-10-32-25(19)27(39-15-16-6-8-18(38-2)9-7-16)24-21(26)14-34(28(24)35)13-20-22(30)11-17(29)12-23(20)31/h4-12H,13-15H2,1-3H3. The van der Waals surface area contributed by atoms with Gasteiger partial charge in [-0.05, 0) is 29.8 Å². The molecule has 1 aliphatic heterocycles. The molecule has 0 spiro atoms. The van der Waals surface area contributed by atoms with Crippen LogP contribution in [0.15, 0.2) is 54.7 Å². The van der Waals surface area contributed by atoms with Gasteiger partial charge in [0, 0.05) is 48.4 Å². The molecule has 0 bridgehead atoms. The summed E-state index contributed by atoms with van der Waals surface area (Å²) in [4.78, 5) is 19.4. The molecule has 4 aromatic rings. The van der Waals surface area contributed by atoms with E-state index in [0.29, 0.717) is 28.8 Å². The van der Waals surface area contributed by atoms with Crippen LogP contribution >= 0.6 is 0 Å². The maximum Gasteiger partial charge on any atom is 0.258 e. The summed E-state index contributed by atoms with van der Waals surface area (Å²) >= 11 is 0. The van der Waals surface area contributed by atoms with Crippen LogP contribution in [0.5, 0.6) is 11.5 Å². The Morgan fingerprint density at radius 2 is 1.75 bits per heavy atom. The molecule has 12 heteroatoms. The van der Waals surface area contributed by atoms with E-state index in [0.717, 1.165) is 21.0 Å². The Balaban J connectivity index is 1.65. The van der Waals surface area contributed by atoms with Crippen LogP contribution in [-0.2, 0) is 29.7 Å². The average molecular weight is 572 g/mol. The van der Waals surface area contributed by atoms with Gasteiger partial charge in [-0.2, -0.15) is 0 Å². The zero-order valence-corrected chi connectivity index (χ0v) is 22.6. The lowest BCUT2D eigenvalue weighted by Gasteiger charge is -2.23. The predicted octanol–water partition coefficient (Wildman–Crippen LogP) is 4.79. The summed E-state index contributed by atoms with van der Waals surface area (Å²) in [5.74, 6) is -3.25. The first-order chi connectivity index (χ1) is 19.0. The highest BCUT2D eigenvalue weighted by molar-refractivity contribution is 7.92.